The first-order valence-corrected chi connectivity index (χ1v) is 7.88. The van der Waals surface area contributed by atoms with Crippen LogP contribution in [0.25, 0.3) is 10.2 Å². The molecule has 1 amide bonds. The van der Waals surface area contributed by atoms with Crippen LogP contribution in [-0.2, 0) is 0 Å². The molecule has 0 aliphatic carbocycles. The minimum Gasteiger partial charge on any atom is -0.344 e. The number of amides is 1. The van der Waals surface area contributed by atoms with Crippen LogP contribution >= 0.6 is 22.9 Å². The molecule has 0 saturated carbocycles. The van der Waals surface area contributed by atoms with E-state index in [9.17, 15) is 4.79 Å². The van der Waals surface area contributed by atoms with Gasteiger partial charge in [0.25, 0.3) is 5.91 Å². The normalized spacial score (nSPS) is 12.5. The molecule has 21 heavy (non-hydrogen) atoms. The molecular weight excluding hydrogens is 304 g/mol. The number of thiophene rings is 1. The van der Waals surface area contributed by atoms with E-state index >= 15 is 0 Å². The zero-order valence-corrected chi connectivity index (χ0v) is 13.3. The largest absolute Gasteiger partial charge is 0.344 e. The van der Waals surface area contributed by atoms with Gasteiger partial charge < -0.3 is 10.3 Å². The predicted octanol–water partition coefficient (Wildman–Crippen LogP) is 4.68. The Morgan fingerprint density at radius 2 is 2.00 bits per heavy atom. The van der Waals surface area contributed by atoms with Crippen molar-refractivity contribution in [3.05, 3.63) is 57.6 Å². The van der Waals surface area contributed by atoms with Crippen molar-refractivity contribution >= 4 is 39.1 Å². The number of halogens is 1. The van der Waals surface area contributed by atoms with E-state index < -0.39 is 0 Å². The van der Waals surface area contributed by atoms with Crippen LogP contribution in [0.1, 0.15) is 34.6 Å². The van der Waals surface area contributed by atoms with Gasteiger partial charge in [0.1, 0.15) is 10.5 Å². The highest BCUT2D eigenvalue weighted by atomic mass is 35.5. The topological polar surface area (TPSA) is 44.9 Å². The van der Waals surface area contributed by atoms with Gasteiger partial charge in [0, 0.05) is 5.39 Å². The quantitative estimate of drug-likeness (QED) is 0.723. The summed E-state index contributed by atoms with van der Waals surface area (Å²) in [5.41, 5.74) is 2.86. The van der Waals surface area contributed by atoms with Crippen molar-refractivity contribution in [1.82, 2.24) is 10.3 Å². The lowest BCUT2D eigenvalue weighted by molar-refractivity contribution is 0.0935. The Morgan fingerprint density at radius 3 is 2.67 bits per heavy atom. The van der Waals surface area contributed by atoms with Crippen LogP contribution in [0.4, 0.5) is 0 Å². The van der Waals surface area contributed by atoms with Crippen LogP contribution in [0, 0.1) is 6.92 Å². The summed E-state index contributed by atoms with van der Waals surface area (Å²) in [5.74, 6) is -0.109. The summed E-state index contributed by atoms with van der Waals surface area (Å²) in [6.07, 6.45) is 0. The molecule has 0 aliphatic heterocycles. The molecule has 2 heterocycles. The number of fused-ring (bicyclic) bond motifs is 1. The second-order valence-corrected chi connectivity index (χ2v) is 6.81. The summed E-state index contributed by atoms with van der Waals surface area (Å²) in [6.45, 7) is 4.02. The summed E-state index contributed by atoms with van der Waals surface area (Å²) in [5, 5.41) is 3.97. The lowest BCUT2D eigenvalue weighted by Crippen LogP contribution is -2.26. The van der Waals surface area contributed by atoms with E-state index in [4.69, 9.17) is 11.6 Å². The number of rotatable bonds is 3. The van der Waals surface area contributed by atoms with Gasteiger partial charge in [-0.3, -0.25) is 4.79 Å². The van der Waals surface area contributed by atoms with Crippen LogP contribution in [0.15, 0.2) is 36.4 Å². The number of hydrogen-bond acceptors (Lipinski definition) is 2. The highest BCUT2D eigenvalue weighted by Gasteiger charge is 2.14. The maximum absolute atomic E-state index is 12.3. The van der Waals surface area contributed by atoms with Crippen LogP contribution in [0.2, 0.25) is 4.34 Å². The average Bonchev–Trinajstić information content (AvgIpc) is 2.96. The fourth-order valence-electron chi connectivity index (χ4n) is 2.23. The smallest absolute Gasteiger partial charge is 0.268 e. The number of aromatic amines is 1. The summed E-state index contributed by atoms with van der Waals surface area (Å²) < 4.78 is 0.719. The van der Waals surface area contributed by atoms with Crippen molar-refractivity contribution in [3.8, 4) is 0 Å². The van der Waals surface area contributed by atoms with Gasteiger partial charge in [-0.1, -0.05) is 41.4 Å². The third kappa shape index (κ3) is 2.96. The Kier molecular flexibility index (Phi) is 3.74. The Morgan fingerprint density at radius 1 is 1.29 bits per heavy atom. The Bertz CT molecular complexity index is 757. The van der Waals surface area contributed by atoms with Crippen LogP contribution in [0.3, 0.4) is 0 Å². The van der Waals surface area contributed by atoms with E-state index in [1.165, 1.54) is 16.9 Å². The maximum atomic E-state index is 12.3. The zero-order chi connectivity index (χ0) is 15.0. The van der Waals surface area contributed by atoms with Gasteiger partial charge in [0.2, 0.25) is 0 Å². The monoisotopic (exact) mass is 318 g/mol. The van der Waals surface area contributed by atoms with Gasteiger partial charge in [-0.05, 0) is 31.5 Å². The molecule has 3 nitrogen and oxygen atoms in total. The van der Waals surface area contributed by atoms with E-state index in [0.29, 0.717) is 5.69 Å². The number of carbonyl (C=O) groups excluding carboxylic acids is 1. The summed E-state index contributed by atoms with van der Waals surface area (Å²) in [6, 6.07) is 11.8. The third-order valence-electron chi connectivity index (χ3n) is 3.45. The maximum Gasteiger partial charge on any atom is 0.268 e. The number of nitrogens with one attached hydrogen (secondary N) is 2. The first-order chi connectivity index (χ1) is 10.0. The number of aryl methyl sites for hydroxylation is 1. The van der Waals surface area contributed by atoms with Gasteiger partial charge in [-0.25, -0.2) is 0 Å². The van der Waals surface area contributed by atoms with E-state index in [-0.39, 0.29) is 11.9 Å². The third-order valence-corrected chi connectivity index (χ3v) is 4.64. The molecule has 0 saturated heterocycles. The SMILES string of the molecule is Cc1ccc(C(C)NC(=O)c2cc3cc(Cl)sc3[nH]2)cc1. The second-order valence-electron chi connectivity index (χ2n) is 5.12. The van der Waals surface area contributed by atoms with Crippen LogP contribution < -0.4 is 5.32 Å². The first kappa shape index (κ1) is 14.2. The molecule has 2 N–H and O–H groups in total. The van der Waals surface area contributed by atoms with Crippen LogP contribution in [-0.4, -0.2) is 10.9 Å². The molecule has 3 rings (SSSR count). The molecule has 1 aromatic carbocycles. The molecule has 0 fully saturated rings. The number of aromatic nitrogens is 1. The van der Waals surface area contributed by atoms with Gasteiger partial charge in [-0.2, -0.15) is 0 Å². The highest BCUT2D eigenvalue weighted by Crippen LogP contribution is 2.29. The van der Waals surface area contributed by atoms with Crippen molar-refractivity contribution in [1.29, 1.82) is 0 Å². The number of benzene rings is 1. The molecule has 2 aromatic heterocycles. The van der Waals surface area contributed by atoms with Gasteiger partial charge in [0.05, 0.1) is 10.4 Å². The number of carbonyl (C=O) groups is 1. The van der Waals surface area contributed by atoms with E-state index in [0.717, 1.165) is 20.1 Å². The molecule has 108 valence electrons. The molecule has 1 unspecified atom stereocenters. The van der Waals surface area contributed by atoms with Crippen molar-refractivity contribution in [2.75, 3.05) is 0 Å². The van der Waals surface area contributed by atoms with Crippen molar-refractivity contribution in [3.63, 3.8) is 0 Å². The van der Waals surface area contributed by atoms with Gasteiger partial charge in [-0.15, -0.1) is 11.3 Å². The van der Waals surface area contributed by atoms with E-state index in [1.54, 1.807) is 0 Å². The second kappa shape index (κ2) is 5.54. The van der Waals surface area contributed by atoms with Crippen molar-refractivity contribution in [2.45, 2.75) is 19.9 Å². The fraction of sp³-hybridized carbons (Fsp3) is 0.188. The van der Waals surface area contributed by atoms with Crippen molar-refractivity contribution < 1.29 is 4.79 Å². The lowest BCUT2D eigenvalue weighted by atomic mass is 10.1. The van der Waals surface area contributed by atoms with Crippen molar-refractivity contribution in [2.24, 2.45) is 0 Å². The predicted molar refractivity (Wildman–Crippen MR) is 88.2 cm³/mol. The van der Waals surface area contributed by atoms with Crippen LogP contribution in [0.5, 0.6) is 0 Å². The van der Waals surface area contributed by atoms with Gasteiger partial charge >= 0.3 is 0 Å². The standard InChI is InChI=1S/C16H15ClN2OS/c1-9-3-5-11(6-4-9)10(2)18-15(20)13-7-12-8-14(17)21-16(12)19-13/h3-8,10,19H,1-2H3,(H,18,20). The average molecular weight is 319 g/mol. The minimum atomic E-state index is -0.109. The zero-order valence-electron chi connectivity index (χ0n) is 11.7. The molecule has 0 spiro atoms. The molecular formula is C16H15ClN2OS. The van der Waals surface area contributed by atoms with E-state index in [1.807, 2.05) is 50.2 Å². The highest BCUT2D eigenvalue weighted by molar-refractivity contribution is 7.22. The first-order valence-electron chi connectivity index (χ1n) is 6.68. The molecule has 5 heteroatoms. The number of H-pyrrole nitrogens is 1. The summed E-state index contributed by atoms with van der Waals surface area (Å²) in [4.78, 5) is 16.3. The molecule has 1 atom stereocenters. The Balaban J connectivity index is 1.75. The summed E-state index contributed by atoms with van der Waals surface area (Å²) >= 11 is 7.37. The number of hydrogen-bond donors (Lipinski definition) is 2. The minimum absolute atomic E-state index is 0.0389. The fourth-order valence-corrected chi connectivity index (χ4v) is 3.35. The Hall–Kier alpha value is -1.78. The molecule has 3 aromatic rings. The molecule has 0 bridgehead atoms. The van der Waals surface area contributed by atoms with Gasteiger partial charge in [0.15, 0.2) is 0 Å². The summed E-state index contributed by atoms with van der Waals surface area (Å²) in [7, 11) is 0. The van der Waals surface area contributed by atoms with E-state index in [2.05, 4.69) is 10.3 Å². The lowest BCUT2D eigenvalue weighted by Gasteiger charge is -2.14. The molecule has 0 radical (unpaired) electrons. The molecule has 0 aliphatic rings. The Labute approximate surface area is 131 Å².